The van der Waals surface area contributed by atoms with Gasteiger partial charge in [0.2, 0.25) is 5.96 Å². The van der Waals surface area contributed by atoms with Gasteiger partial charge < -0.3 is 20.3 Å². The average molecular weight is 394 g/mol. The van der Waals surface area contributed by atoms with Crippen LogP contribution in [0, 0.1) is 0 Å². The number of rotatable bonds is 2. The summed E-state index contributed by atoms with van der Waals surface area (Å²) in [6.45, 7) is 10.0. The first-order valence-electron chi connectivity index (χ1n) is 8.37. The fraction of sp³-hybridized carbons (Fsp3) is 0.444. The molecule has 0 aliphatic rings. The molecule has 0 saturated carbocycles. The molecule has 0 saturated heterocycles. The molecular formula is C18H26N4O6. The maximum Gasteiger partial charge on any atom is 0.414 e. The molecule has 1 rings (SSSR count). The Bertz CT molecular complexity index is 758. The molecule has 0 bridgehead atoms. The van der Waals surface area contributed by atoms with E-state index in [1.165, 1.54) is 18.2 Å². The van der Waals surface area contributed by atoms with Crippen molar-refractivity contribution in [1.82, 2.24) is 10.6 Å². The smallest absolute Gasteiger partial charge is 0.414 e. The molecule has 0 aliphatic heterocycles. The van der Waals surface area contributed by atoms with Crippen molar-refractivity contribution in [2.45, 2.75) is 52.7 Å². The van der Waals surface area contributed by atoms with Gasteiger partial charge in [-0.2, -0.15) is 0 Å². The number of hydrogen-bond donors (Lipinski definition) is 4. The predicted octanol–water partition coefficient (Wildman–Crippen LogP) is 3.00. The summed E-state index contributed by atoms with van der Waals surface area (Å²) >= 11 is 0. The van der Waals surface area contributed by atoms with Crippen molar-refractivity contribution in [2.24, 2.45) is 4.99 Å². The van der Waals surface area contributed by atoms with Crippen LogP contribution in [0.5, 0.6) is 0 Å². The number of nitrogens with one attached hydrogen (secondary N) is 2. The average Bonchev–Trinajstić information content (AvgIpc) is 2.41. The summed E-state index contributed by atoms with van der Waals surface area (Å²) in [5, 5.41) is 13.7. The van der Waals surface area contributed by atoms with E-state index in [1.54, 1.807) is 41.5 Å². The molecule has 0 radical (unpaired) electrons. The van der Waals surface area contributed by atoms with Crippen molar-refractivity contribution in [3.05, 3.63) is 23.8 Å². The lowest BCUT2D eigenvalue weighted by Gasteiger charge is -2.22. The molecular weight excluding hydrogens is 368 g/mol. The highest BCUT2D eigenvalue weighted by Gasteiger charge is 2.21. The highest BCUT2D eigenvalue weighted by molar-refractivity contribution is 6.02. The number of amides is 2. The summed E-state index contributed by atoms with van der Waals surface area (Å²) in [6.07, 6.45) is -1.74. The van der Waals surface area contributed by atoms with Crippen LogP contribution < -0.4 is 16.4 Å². The Morgan fingerprint density at radius 3 is 1.79 bits per heavy atom. The number of nitrogen functional groups attached to an aromatic ring is 1. The van der Waals surface area contributed by atoms with E-state index in [-0.39, 0.29) is 22.9 Å². The molecule has 0 fully saturated rings. The number of carboxylic acid groups (broad SMARTS) is 1. The first-order valence-corrected chi connectivity index (χ1v) is 8.37. The molecule has 1 aromatic rings. The van der Waals surface area contributed by atoms with E-state index in [0.717, 1.165) is 0 Å². The number of nitrogens with two attached hydrogens (primary N) is 1. The molecule has 5 N–H and O–H groups in total. The zero-order chi connectivity index (χ0) is 21.7. The molecule has 2 amide bonds. The van der Waals surface area contributed by atoms with Gasteiger partial charge in [0.1, 0.15) is 11.2 Å². The summed E-state index contributed by atoms with van der Waals surface area (Å²) in [4.78, 5) is 39.3. The number of ether oxygens (including phenoxy) is 2. The maximum atomic E-state index is 12.0. The highest BCUT2D eigenvalue weighted by atomic mass is 16.6. The third-order valence-corrected chi connectivity index (χ3v) is 2.67. The Morgan fingerprint density at radius 1 is 0.929 bits per heavy atom. The zero-order valence-electron chi connectivity index (χ0n) is 16.7. The second-order valence-corrected chi connectivity index (χ2v) is 7.83. The van der Waals surface area contributed by atoms with Gasteiger partial charge in [-0.3, -0.25) is 10.6 Å². The molecule has 0 heterocycles. The molecule has 10 nitrogen and oxygen atoms in total. The second-order valence-electron chi connectivity index (χ2n) is 7.83. The minimum Gasteiger partial charge on any atom is -0.478 e. The molecule has 0 aliphatic carbocycles. The number of aromatic carboxylic acids is 1. The van der Waals surface area contributed by atoms with Gasteiger partial charge in [-0.1, -0.05) is 0 Å². The van der Waals surface area contributed by atoms with Crippen molar-refractivity contribution in [2.75, 3.05) is 5.73 Å². The van der Waals surface area contributed by atoms with Gasteiger partial charge in [0.15, 0.2) is 0 Å². The van der Waals surface area contributed by atoms with Gasteiger partial charge in [-0.25, -0.2) is 19.4 Å². The number of anilines is 1. The van der Waals surface area contributed by atoms with Gasteiger partial charge >= 0.3 is 18.2 Å². The van der Waals surface area contributed by atoms with Crippen LogP contribution in [0.1, 0.15) is 51.9 Å². The van der Waals surface area contributed by atoms with Crippen LogP contribution >= 0.6 is 0 Å². The van der Waals surface area contributed by atoms with Crippen LogP contribution in [-0.4, -0.2) is 40.4 Å². The molecule has 154 valence electrons. The van der Waals surface area contributed by atoms with Gasteiger partial charge in [0.25, 0.3) is 0 Å². The zero-order valence-corrected chi connectivity index (χ0v) is 16.7. The SMILES string of the molecule is CC(C)(C)OC(=O)NC(=Nc1cc(N)cc(C(=O)O)c1)NC(=O)OC(C)(C)C. The minimum absolute atomic E-state index is 0.0968. The van der Waals surface area contributed by atoms with E-state index in [2.05, 4.69) is 15.6 Å². The molecule has 0 spiro atoms. The maximum absolute atomic E-state index is 12.0. The Morgan fingerprint density at radius 2 is 1.39 bits per heavy atom. The molecule has 0 atom stereocenters. The lowest BCUT2D eigenvalue weighted by Crippen LogP contribution is -2.47. The summed E-state index contributed by atoms with van der Waals surface area (Å²) in [7, 11) is 0. The van der Waals surface area contributed by atoms with Crippen molar-refractivity contribution in [1.29, 1.82) is 0 Å². The Hall–Kier alpha value is -3.30. The standard InChI is InChI=1S/C18H26N4O6/c1-17(2,3)27-15(25)21-14(22-16(26)28-18(4,5)6)20-12-8-10(13(23)24)7-11(19)9-12/h7-9H,19H2,1-6H3,(H,23,24)(H2,20,21,22,25,26). The summed E-state index contributed by atoms with van der Waals surface area (Å²) in [5.74, 6) is -1.52. The van der Waals surface area contributed by atoms with Crippen LogP contribution in [0.15, 0.2) is 23.2 Å². The van der Waals surface area contributed by atoms with E-state index in [4.69, 9.17) is 20.3 Å². The van der Waals surface area contributed by atoms with E-state index < -0.39 is 29.4 Å². The number of benzene rings is 1. The number of hydrogen-bond acceptors (Lipinski definition) is 7. The van der Waals surface area contributed by atoms with Gasteiger partial charge in [-0.15, -0.1) is 0 Å². The van der Waals surface area contributed by atoms with Crippen molar-refractivity contribution in [3.63, 3.8) is 0 Å². The topological polar surface area (TPSA) is 152 Å². The van der Waals surface area contributed by atoms with Crippen LogP contribution in [0.25, 0.3) is 0 Å². The molecule has 28 heavy (non-hydrogen) atoms. The Kier molecular flexibility index (Phi) is 6.98. The molecule has 0 aromatic heterocycles. The van der Waals surface area contributed by atoms with E-state index in [9.17, 15) is 14.4 Å². The minimum atomic E-state index is -1.20. The summed E-state index contributed by atoms with van der Waals surface area (Å²) in [6, 6.07) is 3.86. The number of carboxylic acids is 1. The van der Waals surface area contributed by atoms with Crippen LogP contribution in [0.3, 0.4) is 0 Å². The second kappa shape index (κ2) is 8.59. The fourth-order valence-corrected chi connectivity index (χ4v) is 1.84. The van der Waals surface area contributed by atoms with Crippen LogP contribution in [0.2, 0.25) is 0 Å². The molecule has 1 aromatic carbocycles. The van der Waals surface area contributed by atoms with Crippen LogP contribution in [0.4, 0.5) is 21.0 Å². The number of guanidine groups is 1. The lowest BCUT2D eigenvalue weighted by atomic mass is 10.2. The normalized spacial score (nSPS) is 11.2. The molecule has 0 unspecified atom stereocenters. The van der Waals surface area contributed by atoms with Gasteiger partial charge in [0, 0.05) is 5.69 Å². The fourth-order valence-electron chi connectivity index (χ4n) is 1.84. The van der Waals surface area contributed by atoms with E-state index in [1.807, 2.05) is 0 Å². The molecule has 10 heteroatoms. The Balaban J connectivity index is 3.18. The lowest BCUT2D eigenvalue weighted by molar-refractivity contribution is 0.0543. The summed E-state index contributed by atoms with van der Waals surface area (Å²) in [5.41, 5.74) is 4.26. The van der Waals surface area contributed by atoms with Crippen molar-refractivity contribution < 1.29 is 29.0 Å². The van der Waals surface area contributed by atoms with Crippen molar-refractivity contribution in [3.8, 4) is 0 Å². The quantitative estimate of drug-likeness (QED) is 0.342. The number of nitrogens with zero attached hydrogens (tertiary/aromatic N) is 1. The highest BCUT2D eigenvalue weighted by Crippen LogP contribution is 2.19. The third kappa shape index (κ3) is 8.88. The Labute approximate surface area is 163 Å². The number of carbonyl (C=O) groups excluding carboxylic acids is 2. The van der Waals surface area contributed by atoms with Gasteiger partial charge in [0.05, 0.1) is 11.3 Å². The van der Waals surface area contributed by atoms with Gasteiger partial charge in [-0.05, 0) is 59.7 Å². The first kappa shape index (κ1) is 22.7. The summed E-state index contributed by atoms with van der Waals surface area (Å²) < 4.78 is 10.3. The van der Waals surface area contributed by atoms with Crippen LogP contribution in [-0.2, 0) is 9.47 Å². The number of alkyl carbamates (subject to hydrolysis) is 2. The predicted molar refractivity (Wildman–Crippen MR) is 104 cm³/mol. The number of aliphatic imine (C=N–C) groups is 1. The monoisotopic (exact) mass is 394 g/mol. The first-order chi connectivity index (χ1) is 12.6. The van der Waals surface area contributed by atoms with E-state index in [0.29, 0.717) is 0 Å². The van der Waals surface area contributed by atoms with E-state index >= 15 is 0 Å². The van der Waals surface area contributed by atoms with Crippen molar-refractivity contribution >= 4 is 35.5 Å². The third-order valence-electron chi connectivity index (χ3n) is 2.67. The largest absolute Gasteiger partial charge is 0.478 e. The number of carbonyl (C=O) groups is 3.